The average molecular weight is 386 g/mol. The lowest BCUT2D eigenvalue weighted by atomic mass is 10.1. The van der Waals surface area contributed by atoms with Crippen LogP contribution >= 0.6 is 0 Å². The highest BCUT2D eigenvalue weighted by Crippen LogP contribution is 2.11. The number of aliphatic hydroxyl groups excluding tert-OH is 1. The number of hydrogen-bond acceptors (Lipinski definition) is 5. The van der Waals surface area contributed by atoms with Gasteiger partial charge in [0.25, 0.3) is 0 Å². The van der Waals surface area contributed by atoms with Gasteiger partial charge >= 0.3 is 11.9 Å². The fraction of sp³-hybridized carbons (Fsp3) is 0.750. The number of esters is 1. The monoisotopic (exact) mass is 385 g/mol. The van der Waals surface area contributed by atoms with E-state index in [2.05, 4.69) is 6.92 Å². The molecule has 156 valence electrons. The Labute approximate surface area is 162 Å². The summed E-state index contributed by atoms with van der Waals surface area (Å²) in [4.78, 5) is 35.3. The molecule has 2 N–H and O–H groups in total. The van der Waals surface area contributed by atoms with E-state index >= 15 is 0 Å². The normalized spacial score (nSPS) is 10.9. The quantitative estimate of drug-likeness (QED) is 0.227. The Morgan fingerprint density at radius 1 is 0.889 bits per heavy atom. The standard InChI is InChI=1S/C20H35NO6/c1-2-3-4-5-6-7-8-9-10-11-18(23)21(14-16-22)15-17-27-20(26)13-12-19(24)25/h12-13,22H,2-11,14-17H2,1H3,(H,24,25)/b13-12+. The Morgan fingerprint density at radius 2 is 1.48 bits per heavy atom. The number of carbonyl (C=O) groups excluding carboxylic acids is 2. The molecule has 0 rings (SSSR count). The van der Waals surface area contributed by atoms with Gasteiger partial charge in [-0.25, -0.2) is 9.59 Å². The van der Waals surface area contributed by atoms with Crippen LogP contribution in [0.3, 0.4) is 0 Å². The number of carboxylic acids is 1. The summed E-state index contributed by atoms with van der Waals surface area (Å²) in [5.41, 5.74) is 0. The van der Waals surface area contributed by atoms with Gasteiger partial charge < -0.3 is 19.8 Å². The van der Waals surface area contributed by atoms with Crippen LogP contribution in [-0.2, 0) is 19.1 Å². The van der Waals surface area contributed by atoms with Crippen molar-refractivity contribution >= 4 is 17.8 Å². The Bertz CT molecular complexity index is 450. The first kappa shape index (κ1) is 25.1. The van der Waals surface area contributed by atoms with Crippen LogP contribution in [-0.4, -0.2) is 59.3 Å². The SMILES string of the molecule is CCCCCCCCCCCC(=O)N(CCO)CCOC(=O)/C=C/C(=O)O. The summed E-state index contributed by atoms with van der Waals surface area (Å²) < 4.78 is 4.85. The van der Waals surface area contributed by atoms with Crippen molar-refractivity contribution in [1.29, 1.82) is 0 Å². The van der Waals surface area contributed by atoms with Crippen LogP contribution in [0.15, 0.2) is 12.2 Å². The van der Waals surface area contributed by atoms with E-state index in [9.17, 15) is 14.4 Å². The van der Waals surface area contributed by atoms with Gasteiger partial charge in [-0.1, -0.05) is 58.3 Å². The minimum Gasteiger partial charge on any atom is -0.478 e. The smallest absolute Gasteiger partial charge is 0.331 e. The first-order valence-electron chi connectivity index (χ1n) is 9.97. The number of aliphatic hydroxyl groups is 1. The zero-order valence-electron chi connectivity index (χ0n) is 16.5. The molecule has 0 aliphatic rings. The first-order chi connectivity index (χ1) is 13.0. The molecule has 0 saturated heterocycles. The summed E-state index contributed by atoms with van der Waals surface area (Å²) in [5, 5.41) is 17.5. The minimum absolute atomic E-state index is 0.0354. The summed E-state index contributed by atoms with van der Waals surface area (Å²) in [6, 6.07) is 0. The zero-order chi connectivity index (χ0) is 20.3. The summed E-state index contributed by atoms with van der Waals surface area (Å²) in [6.45, 7) is 2.39. The lowest BCUT2D eigenvalue weighted by Crippen LogP contribution is -2.36. The van der Waals surface area contributed by atoms with E-state index in [1.807, 2.05) is 0 Å². The highest BCUT2D eigenvalue weighted by atomic mass is 16.5. The van der Waals surface area contributed by atoms with Crippen molar-refractivity contribution in [3.8, 4) is 0 Å². The molecule has 0 radical (unpaired) electrons. The van der Waals surface area contributed by atoms with Crippen molar-refractivity contribution in [1.82, 2.24) is 4.90 Å². The van der Waals surface area contributed by atoms with Gasteiger partial charge in [0, 0.05) is 25.1 Å². The molecule has 7 nitrogen and oxygen atoms in total. The molecule has 0 saturated carbocycles. The maximum Gasteiger partial charge on any atom is 0.331 e. The van der Waals surface area contributed by atoms with Crippen molar-refractivity contribution in [2.45, 2.75) is 71.1 Å². The molecule has 0 spiro atoms. The molecule has 7 heteroatoms. The largest absolute Gasteiger partial charge is 0.478 e. The average Bonchev–Trinajstić information content (AvgIpc) is 2.64. The van der Waals surface area contributed by atoms with Crippen LogP contribution in [0.5, 0.6) is 0 Å². The highest BCUT2D eigenvalue weighted by Gasteiger charge is 2.13. The molecule has 27 heavy (non-hydrogen) atoms. The van der Waals surface area contributed by atoms with Crippen LogP contribution in [0, 0.1) is 0 Å². The number of aliphatic carboxylic acids is 1. The zero-order valence-corrected chi connectivity index (χ0v) is 16.5. The summed E-state index contributed by atoms with van der Waals surface area (Å²) in [7, 11) is 0. The van der Waals surface area contributed by atoms with Crippen LogP contribution in [0.1, 0.15) is 71.1 Å². The number of carboxylic acid groups (broad SMARTS) is 1. The lowest BCUT2D eigenvalue weighted by Gasteiger charge is -2.21. The first-order valence-corrected chi connectivity index (χ1v) is 9.97. The van der Waals surface area contributed by atoms with Gasteiger partial charge in [0.1, 0.15) is 6.61 Å². The molecule has 0 heterocycles. The molecule has 1 amide bonds. The highest BCUT2D eigenvalue weighted by molar-refractivity contribution is 5.90. The van der Waals surface area contributed by atoms with E-state index < -0.39 is 11.9 Å². The van der Waals surface area contributed by atoms with E-state index in [0.29, 0.717) is 12.5 Å². The van der Waals surface area contributed by atoms with E-state index in [-0.39, 0.29) is 32.2 Å². The number of hydrogen-bond donors (Lipinski definition) is 2. The lowest BCUT2D eigenvalue weighted by molar-refractivity contribution is -0.141. The third-order valence-corrected chi connectivity index (χ3v) is 4.18. The second-order valence-electron chi connectivity index (χ2n) is 6.52. The van der Waals surface area contributed by atoms with Crippen molar-refractivity contribution in [3.63, 3.8) is 0 Å². The predicted molar refractivity (Wildman–Crippen MR) is 103 cm³/mol. The Kier molecular flexibility index (Phi) is 16.3. The van der Waals surface area contributed by atoms with Crippen LogP contribution in [0.2, 0.25) is 0 Å². The predicted octanol–water partition coefficient (Wildman–Crippen LogP) is 2.91. The third kappa shape index (κ3) is 16.0. The number of amides is 1. The molecule has 0 fully saturated rings. The molecule has 0 aliphatic heterocycles. The van der Waals surface area contributed by atoms with E-state index in [1.54, 1.807) is 0 Å². The molecule has 0 aromatic rings. The van der Waals surface area contributed by atoms with Gasteiger partial charge in [-0.05, 0) is 6.42 Å². The second kappa shape index (κ2) is 17.5. The van der Waals surface area contributed by atoms with Crippen LogP contribution in [0.4, 0.5) is 0 Å². The minimum atomic E-state index is -1.23. The van der Waals surface area contributed by atoms with Gasteiger partial charge in [0.05, 0.1) is 13.2 Å². The maximum atomic E-state index is 12.2. The maximum absolute atomic E-state index is 12.2. The number of unbranched alkanes of at least 4 members (excludes halogenated alkanes) is 8. The van der Waals surface area contributed by atoms with Gasteiger partial charge in [-0.3, -0.25) is 4.79 Å². The molecular weight excluding hydrogens is 350 g/mol. The molecule has 0 atom stereocenters. The summed E-state index contributed by atoms with van der Waals surface area (Å²) in [6.07, 6.45) is 12.5. The van der Waals surface area contributed by atoms with E-state index in [0.717, 1.165) is 25.3 Å². The molecule has 0 aliphatic carbocycles. The Hall–Kier alpha value is -1.89. The fourth-order valence-corrected chi connectivity index (χ4v) is 2.67. The summed E-state index contributed by atoms with van der Waals surface area (Å²) in [5.74, 6) is -2.07. The molecule has 0 aromatic carbocycles. The van der Waals surface area contributed by atoms with E-state index in [1.165, 1.54) is 43.4 Å². The number of nitrogens with zero attached hydrogens (tertiary/aromatic N) is 1. The number of carbonyl (C=O) groups is 3. The topological polar surface area (TPSA) is 104 Å². The molecule has 0 aromatic heterocycles. The van der Waals surface area contributed by atoms with Crippen LogP contribution in [0.25, 0.3) is 0 Å². The number of ether oxygens (including phenoxy) is 1. The van der Waals surface area contributed by atoms with Crippen molar-refractivity contribution in [2.75, 3.05) is 26.3 Å². The molecular formula is C20H35NO6. The van der Waals surface area contributed by atoms with E-state index in [4.69, 9.17) is 14.9 Å². The Morgan fingerprint density at radius 3 is 2.04 bits per heavy atom. The fourth-order valence-electron chi connectivity index (χ4n) is 2.67. The molecule has 0 bridgehead atoms. The van der Waals surface area contributed by atoms with Gasteiger partial charge in [-0.2, -0.15) is 0 Å². The second-order valence-corrected chi connectivity index (χ2v) is 6.52. The van der Waals surface area contributed by atoms with Crippen molar-refractivity contribution < 1.29 is 29.3 Å². The van der Waals surface area contributed by atoms with Gasteiger partial charge in [-0.15, -0.1) is 0 Å². The van der Waals surface area contributed by atoms with Crippen LogP contribution < -0.4 is 0 Å². The van der Waals surface area contributed by atoms with Crippen molar-refractivity contribution in [3.05, 3.63) is 12.2 Å². The van der Waals surface area contributed by atoms with Gasteiger partial charge in [0.15, 0.2) is 0 Å². The van der Waals surface area contributed by atoms with Crippen molar-refractivity contribution in [2.24, 2.45) is 0 Å². The molecule has 0 unspecified atom stereocenters. The number of rotatable bonds is 17. The Balaban J connectivity index is 3.90. The van der Waals surface area contributed by atoms with Gasteiger partial charge in [0.2, 0.25) is 5.91 Å². The third-order valence-electron chi connectivity index (χ3n) is 4.18. The summed E-state index contributed by atoms with van der Waals surface area (Å²) >= 11 is 0.